The van der Waals surface area contributed by atoms with Gasteiger partial charge in [0.05, 0.1) is 12.1 Å². The molecule has 15 heavy (non-hydrogen) atoms. The first-order chi connectivity index (χ1) is 6.99. The first-order valence-electron chi connectivity index (χ1n) is 3.99. The number of carbonyl (C=O) groups excluding carboxylic acids is 1. The monoisotopic (exact) mass is 237 g/mol. The molecule has 0 heterocycles. The Morgan fingerprint density at radius 2 is 2.00 bits per heavy atom. The molecule has 0 saturated carbocycles. The van der Waals surface area contributed by atoms with Gasteiger partial charge >= 0.3 is 0 Å². The number of hydrogen-bond acceptors (Lipinski definition) is 2. The SMILES string of the molecule is CNCC(=O)c1cc(F)c(F)c(Cl)c1F. The zero-order chi connectivity index (χ0) is 11.6. The third-order valence-electron chi connectivity index (χ3n) is 1.74. The van der Waals surface area contributed by atoms with Crippen LogP contribution in [-0.4, -0.2) is 19.4 Å². The molecule has 82 valence electrons. The average molecular weight is 238 g/mol. The molecular formula is C9H7ClF3NO. The van der Waals surface area contributed by atoms with E-state index >= 15 is 0 Å². The maximum atomic E-state index is 13.2. The quantitative estimate of drug-likeness (QED) is 0.496. The lowest BCUT2D eigenvalue weighted by molar-refractivity contribution is 0.0989. The maximum Gasteiger partial charge on any atom is 0.180 e. The molecule has 6 heteroatoms. The number of likely N-dealkylation sites (N-methyl/N-ethyl adjacent to an activating group) is 1. The van der Waals surface area contributed by atoms with Gasteiger partial charge in [-0.15, -0.1) is 0 Å². The Kier molecular flexibility index (Phi) is 3.71. The molecular weight excluding hydrogens is 231 g/mol. The lowest BCUT2D eigenvalue weighted by Crippen LogP contribution is -2.20. The van der Waals surface area contributed by atoms with Gasteiger partial charge < -0.3 is 5.32 Å². The van der Waals surface area contributed by atoms with Crippen LogP contribution in [0, 0.1) is 17.5 Å². The van der Waals surface area contributed by atoms with E-state index in [2.05, 4.69) is 5.32 Å². The van der Waals surface area contributed by atoms with Gasteiger partial charge in [0, 0.05) is 0 Å². The number of carbonyl (C=O) groups is 1. The fraction of sp³-hybridized carbons (Fsp3) is 0.222. The van der Waals surface area contributed by atoms with Gasteiger partial charge in [-0.1, -0.05) is 11.6 Å². The fourth-order valence-corrected chi connectivity index (χ4v) is 1.22. The van der Waals surface area contributed by atoms with Crippen molar-refractivity contribution in [3.05, 3.63) is 34.1 Å². The lowest BCUT2D eigenvalue weighted by atomic mass is 10.1. The largest absolute Gasteiger partial charge is 0.313 e. The van der Waals surface area contributed by atoms with Crippen molar-refractivity contribution in [1.82, 2.24) is 5.32 Å². The molecule has 0 fully saturated rings. The number of nitrogens with one attached hydrogen (secondary N) is 1. The van der Waals surface area contributed by atoms with Gasteiger partial charge in [0.15, 0.2) is 23.2 Å². The van der Waals surface area contributed by atoms with E-state index in [0.717, 1.165) is 0 Å². The minimum Gasteiger partial charge on any atom is -0.313 e. The molecule has 0 aliphatic rings. The summed E-state index contributed by atoms with van der Waals surface area (Å²) >= 11 is 5.17. The molecule has 0 aromatic heterocycles. The molecule has 0 spiro atoms. The highest BCUT2D eigenvalue weighted by atomic mass is 35.5. The van der Waals surface area contributed by atoms with Crippen LogP contribution in [0.25, 0.3) is 0 Å². The van der Waals surface area contributed by atoms with Gasteiger partial charge in [-0.05, 0) is 13.1 Å². The number of benzene rings is 1. The summed E-state index contributed by atoms with van der Waals surface area (Å²) in [5.41, 5.74) is -0.562. The van der Waals surface area contributed by atoms with E-state index in [9.17, 15) is 18.0 Å². The van der Waals surface area contributed by atoms with Crippen molar-refractivity contribution in [2.24, 2.45) is 0 Å². The van der Waals surface area contributed by atoms with Crippen LogP contribution in [0.4, 0.5) is 13.2 Å². The molecule has 1 aromatic rings. The second-order valence-electron chi connectivity index (χ2n) is 2.80. The molecule has 1 aromatic carbocycles. The van der Waals surface area contributed by atoms with Crippen LogP contribution in [0.15, 0.2) is 6.07 Å². The molecule has 0 unspecified atom stereocenters. The van der Waals surface area contributed by atoms with Crippen molar-refractivity contribution in [3.63, 3.8) is 0 Å². The Hall–Kier alpha value is -1.07. The summed E-state index contributed by atoms with van der Waals surface area (Å²) in [5, 5.41) is 1.47. The topological polar surface area (TPSA) is 29.1 Å². The number of ketones is 1. The van der Waals surface area contributed by atoms with Gasteiger partial charge in [0.2, 0.25) is 0 Å². The van der Waals surface area contributed by atoms with E-state index < -0.39 is 33.8 Å². The van der Waals surface area contributed by atoms with Crippen molar-refractivity contribution in [3.8, 4) is 0 Å². The molecule has 1 rings (SSSR count). The Balaban J connectivity index is 3.26. The molecule has 0 aliphatic carbocycles. The first-order valence-corrected chi connectivity index (χ1v) is 4.37. The van der Waals surface area contributed by atoms with Crippen LogP contribution in [0.3, 0.4) is 0 Å². The van der Waals surface area contributed by atoms with Crippen molar-refractivity contribution in [1.29, 1.82) is 0 Å². The predicted molar refractivity (Wildman–Crippen MR) is 49.6 cm³/mol. The standard InChI is InChI=1S/C9H7ClF3NO/c1-14-3-6(15)4-2-5(11)9(13)7(10)8(4)12/h2,14H,3H2,1H3. The zero-order valence-electron chi connectivity index (χ0n) is 7.70. The summed E-state index contributed by atoms with van der Waals surface area (Å²) in [6, 6.07) is 0.496. The van der Waals surface area contributed by atoms with Gasteiger partial charge in [-0.25, -0.2) is 13.2 Å². The second-order valence-corrected chi connectivity index (χ2v) is 3.18. The summed E-state index contributed by atoms with van der Waals surface area (Å²) in [4.78, 5) is 11.2. The Bertz CT molecular complexity index is 409. The van der Waals surface area contributed by atoms with Crippen LogP contribution in [0.1, 0.15) is 10.4 Å². The predicted octanol–water partition coefficient (Wildman–Crippen LogP) is 2.16. The van der Waals surface area contributed by atoms with Crippen molar-refractivity contribution >= 4 is 17.4 Å². The van der Waals surface area contributed by atoms with Crippen LogP contribution in [0.5, 0.6) is 0 Å². The lowest BCUT2D eigenvalue weighted by Gasteiger charge is -2.05. The molecule has 0 bridgehead atoms. The molecule has 0 radical (unpaired) electrons. The minimum absolute atomic E-state index is 0.182. The van der Waals surface area contributed by atoms with E-state index in [-0.39, 0.29) is 6.54 Å². The van der Waals surface area contributed by atoms with Gasteiger partial charge in [0.1, 0.15) is 5.02 Å². The van der Waals surface area contributed by atoms with E-state index in [4.69, 9.17) is 11.6 Å². The van der Waals surface area contributed by atoms with Crippen LogP contribution < -0.4 is 5.32 Å². The Labute approximate surface area is 89.0 Å². The summed E-state index contributed by atoms with van der Waals surface area (Å²) in [5.74, 6) is -4.78. The maximum absolute atomic E-state index is 13.2. The van der Waals surface area contributed by atoms with E-state index in [1.165, 1.54) is 7.05 Å². The van der Waals surface area contributed by atoms with Crippen molar-refractivity contribution in [2.45, 2.75) is 0 Å². The Morgan fingerprint density at radius 3 is 2.53 bits per heavy atom. The highest BCUT2D eigenvalue weighted by Gasteiger charge is 2.20. The van der Waals surface area contributed by atoms with Crippen molar-refractivity contribution < 1.29 is 18.0 Å². The van der Waals surface area contributed by atoms with E-state index in [1.54, 1.807) is 0 Å². The highest BCUT2D eigenvalue weighted by Crippen LogP contribution is 2.24. The van der Waals surface area contributed by atoms with Crippen LogP contribution >= 0.6 is 11.6 Å². The highest BCUT2D eigenvalue weighted by molar-refractivity contribution is 6.31. The third-order valence-corrected chi connectivity index (χ3v) is 2.07. The number of halogens is 4. The number of Topliss-reactive ketones (excluding diaryl/α,β-unsaturated/α-hetero) is 1. The van der Waals surface area contributed by atoms with Crippen molar-refractivity contribution in [2.75, 3.05) is 13.6 Å². The number of rotatable bonds is 3. The molecule has 0 amide bonds. The van der Waals surface area contributed by atoms with E-state index in [1.807, 2.05) is 0 Å². The molecule has 2 nitrogen and oxygen atoms in total. The van der Waals surface area contributed by atoms with Gasteiger partial charge in [0.25, 0.3) is 0 Å². The zero-order valence-corrected chi connectivity index (χ0v) is 8.46. The van der Waals surface area contributed by atoms with Crippen LogP contribution in [-0.2, 0) is 0 Å². The minimum atomic E-state index is -1.49. The normalized spacial score (nSPS) is 10.5. The molecule has 0 aliphatic heterocycles. The van der Waals surface area contributed by atoms with Gasteiger partial charge in [-0.2, -0.15) is 0 Å². The fourth-order valence-electron chi connectivity index (χ4n) is 1.03. The van der Waals surface area contributed by atoms with E-state index in [0.29, 0.717) is 6.07 Å². The summed E-state index contributed by atoms with van der Waals surface area (Å²) < 4.78 is 38.8. The first kappa shape index (κ1) is 12.0. The second kappa shape index (κ2) is 4.63. The Morgan fingerprint density at radius 1 is 1.40 bits per heavy atom. The summed E-state index contributed by atoms with van der Waals surface area (Å²) in [6.45, 7) is -0.182. The molecule has 0 atom stereocenters. The summed E-state index contributed by atoms with van der Waals surface area (Å²) in [6.07, 6.45) is 0. The number of hydrogen-bond donors (Lipinski definition) is 1. The molecule has 0 saturated heterocycles. The smallest absolute Gasteiger partial charge is 0.180 e. The average Bonchev–Trinajstić information content (AvgIpc) is 2.20. The molecule has 1 N–H and O–H groups in total. The van der Waals surface area contributed by atoms with Gasteiger partial charge in [-0.3, -0.25) is 4.79 Å². The van der Waals surface area contributed by atoms with Crippen LogP contribution in [0.2, 0.25) is 5.02 Å². The third kappa shape index (κ3) is 2.30. The summed E-state index contributed by atoms with van der Waals surface area (Å²) in [7, 11) is 1.47.